The van der Waals surface area contributed by atoms with Crippen LogP contribution in [0.4, 0.5) is 0 Å². The van der Waals surface area contributed by atoms with Crippen LogP contribution in [0.15, 0.2) is 29.2 Å². The Hall–Kier alpha value is -0.950. The van der Waals surface area contributed by atoms with Gasteiger partial charge < -0.3 is 4.79 Å². The number of hydrogen-bond donors (Lipinski definition) is 1. The number of aryl methyl sites for hydroxylation is 1. The zero-order valence-corrected chi connectivity index (χ0v) is 13.9. The van der Waals surface area contributed by atoms with Crippen LogP contribution >= 0.6 is 11.8 Å². The standard InChI is InChI=1S/C14H21ClN2O3S/c1-12-7-9-14(10-8-12)21(19,20)16-17(15)11-5-3-4-6-13(2)18/h7-10,16H,3-6,11H2,1-2H3. The van der Waals surface area contributed by atoms with Crippen LogP contribution in [-0.2, 0) is 14.8 Å². The van der Waals surface area contributed by atoms with Gasteiger partial charge in [-0.1, -0.05) is 24.1 Å². The van der Waals surface area contributed by atoms with Crippen LogP contribution in [0, 0.1) is 6.92 Å². The number of carbonyl (C=O) groups excluding carboxylic acids is 1. The van der Waals surface area contributed by atoms with Crippen molar-refractivity contribution in [2.75, 3.05) is 6.54 Å². The number of nitrogens with zero attached hydrogens (tertiary/aromatic N) is 1. The van der Waals surface area contributed by atoms with Gasteiger partial charge in [0.05, 0.1) is 4.90 Å². The number of hydrogen-bond acceptors (Lipinski definition) is 4. The molecule has 0 aliphatic carbocycles. The minimum atomic E-state index is -3.64. The van der Waals surface area contributed by atoms with Crippen molar-refractivity contribution in [2.24, 2.45) is 0 Å². The van der Waals surface area contributed by atoms with Crippen molar-refractivity contribution < 1.29 is 13.2 Å². The quantitative estimate of drug-likeness (QED) is 0.429. The number of rotatable bonds is 9. The SMILES string of the molecule is CC(=O)CCCCCN(Cl)NS(=O)(=O)c1ccc(C)cc1. The van der Waals surface area contributed by atoms with Gasteiger partial charge in [-0.25, -0.2) is 8.42 Å². The molecule has 1 N–H and O–H groups in total. The Labute approximate surface area is 131 Å². The van der Waals surface area contributed by atoms with Crippen molar-refractivity contribution >= 4 is 27.6 Å². The molecule has 0 bridgehead atoms. The van der Waals surface area contributed by atoms with Crippen LogP contribution in [-0.4, -0.2) is 25.3 Å². The van der Waals surface area contributed by atoms with Gasteiger partial charge in [-0.05, 0) is 50.6 Å². The third kappa shape index (κ3) is 7.04. The molecular formula is C14H21ClN2O3S. The molecule has 0 saturated carbocycles. The molecule has 0 heterocycles. The molecule has 0 saturated heterocycles. The second kappa shape index (κ2) is 8.48. The fourth-order valence-corrected chi connectivity index (χ4v) is 3.09. The maximum absolute atomic E-state index is 12.1. The van der Waals surface area contributed by atoms with Crippen LogP contribution in [0.5, 0.6) is 0 Å². The van der Waals surface area contributed by atoms with Gasteiger partial charge in [0.2, 0.25) is 0 Å². The molecule has 1 rings (SSSR count). The molecule has 0 amide bonds. The number of halogens is 1. The van der Waals surface area contributed by atoms with E-state index in [1.54, 1.807) is 19.1 Å². The van der Waals surface area contributed by atoms with E-state index in [1.807, 2.05) is 6.92 Å². The van der Waals surface area contributed by atoms with Gasteiger partial charge in [0.1, 0.15) is 5.78 Å². The normalized spacial score (nSPS) is 11.8. The molecule has 0 spiro atoms. The molecule has 1 aromatic rings. The van der Waals surface area contributed by atoms with Crippen molar-refractivity contribution in [2.45, 2.75) is 44.4 Å². The second-order valence-electron chi connectivity index (χ2n) is 5.01. The molecule has 0 fully saturated rings. The molecule has 0 unspecified atom stereocenters. The minimum absolute atomic E-state index is 0.165. The lowest BCUT2D eigenvalue weighted by Gasteiger charge is -2.15. The fourth-order valence-electron chi connectivity index (χ4n) is 1.75. The second-order valence-corrected chi connectivity index (χ2v) is 7.08. The van der Waals surface area contributed by atoms with Crippen LogP contribution < -0.4 is 4.83 Å². The van der Waals surface area contributed by atoms with Gasteiger partial charge in [0.15, 0.2) is 0 Å². The Kier molecular flexibility index (Phi) is 7.31. The summed E-state index contributed by atoms with van der Waals surface area (Å²) in [5.74, 6) is 0.165. The highest BCUT2D eigenvalue weighted by Gasteiger charge is 2.16. The summed E-state index contributed by atoms with van der Waals surface area (Å²) in [6.45, 7) is 3.83. The van der Waals surface area contributed by atoms with Gasteiger partial charge in [-0.2, -0.15) is 0 Å². The van der Waals surface area contributed by atoms with E-state index in [-0.39, 0.29) is 10.7 Å². The van der Waals surface area contributed by atoms with Gasteiger partial charge in [0.25, 0.3) is 10.0 Å². The number of sulfonamides is 1. The van der Waals surface area contributed by atoms with Gasteiger partial charge in [0, 0.05) is 13.0 Å². The third-order valence-electron chi connectivity index (χ3n) is 2.93. The summed E-state index contributed by atoms with van der Waals surface area (Å²) in [4.78, 5) is 13.3. The molecule has 0 aliphatic rings. The van der Waals surface area contributed by atoms with Gasteiger partial charge in [-0.15, -0.1) is 9.36 Å². The first kappa shape index (κ1) is 18.1. The Balaban J connectivity index is 2.40. The van der Waals surface area contributed by atoms with E-state index in [0.29, 0.717) is 19.4 Å². The first-order chi connectivity index (χ1) is 9.81. The molecular weight excluding hydrogens is 312 g/mol. The Bertz CT molecular complexity index is 558. The molecule has 0 radical (unpaired) electrons. The topological polar surface area (TPSA) is 66.5 Å². The summed E-state index contributed by atoms with van der Waals surface area (Å²) in [6, 6.07) is 6.54. The smallest absolute Gasteiger partial charge is 0.254 e. The average molecular weight is 333 g/mol. The summed E-state index contributed by atoms with van der Waals surface area (Å²) < 4.78 is 25.1. The zero-order valence-electron chi connectivity index (χ0n) is 12.3. The van der Waals surface area contributed by atoms with E-state index in [1.165, 1.54) is 12.1 Å². The van der Waals surface area contributed by atoms with Crippen molar-refractivity contribution in [3.63, 3.8) is 0 Å². The van der Waals surface area contributed by atoms with Gasteiger partial charge >= 0.3 is 0 Å². The molecule has 0 aromatic heterocycles. The van der Waals surface area contributed by atoms with Crippen molar-refractivity contribution in [3.8, 4) is 0 Å². The van der Waals surface area contributed by atoms with Crippen LogP contribution in [0.2, 0.25) is 0 Å². The molecule has 5 nitrogen and oxygen atoms in total. The maximum atomic E-state index is 12.1. The summed E-state index contributed by atoms with van der Waals surface area (Å²) in [6.07, 6.45) is 2.89. The number of hydrazine groups is 1. The largest absolute Gasteiger partial charge is 0.300 e. The number of nitrogens with one attached hydrogen (secondary N) is 1. The van der Waals surface area contributed by atoms with Crippen molar-refractivity contribution in [3.05, 3.63) is 29.8 Å². The minimum Gasteiger partial charge on any atom is -0.300 e. The first-order valence-corrected chi connectivity index (χ1v) is 8.65. The molecule has 0 aliphatic heterocycles. The molecule has 7 heteroatoms. The summed E-state index contributed by atoms with van der Waals surface area (Å²) in [5, 5.41) is 0. The van der Waals surface area contributed by atoms with Crippen LogP contribution in [0.25, 0.3) is 0 Å². The first-order valence-electron chi connectivity index (χ1n) is 6.83. The third-order valence-corrected chi connectivity index (χ3v) is 4.64. The highest BCUT2D eigenvalue weighted by Crippen LogP contribution is 2.11. The molecule has 0 atom stereocenters. The Morgan fingerprint density at radius 1 is 1.19 bits per heavy atom. The van der Waals surface area contributed by atoms with E-state index in [4.69, 9.17) is 11.8 Å². The summed E-state index contributed by atoms with van der Waals surface area (Å²) in [5.41, 5.74) is 0.988. The van der Waals surface area contributed by atoms with E-state index >= 15 is 0 Å². The average Bonchev–Trinajstić information content (AvgIpc) is 2.37. The van der Waals surface area contributed by atoms with Crippen molar-refractivity contribution in [1.82, 2.24) is 9.36 Å². The monoisotopic (exact) mass is 332 g/mol. The number of carbonyl (C=O) groups is 1. The highest BCUT2D eigenvalue weighted by atomic mass is 35.5. The highest BCUT2D eigenvalue weighted by molar-refractivity contribution is 7.89. The molecule has 118 valence electrons. The van der Waals surface area contributed by atoms with Gasteiger partial charge in [-0.3, -0.25) is 0 Å². The number of Topliss-reactive ketones (excluding diaryl/α,β-unsaturated/α-hetero) is 1. The lowest BCUT2D eigenvalue weighted by molar-refractivity contribution is -0.117. The molecule has 21 heavy (non-hydrogen) atoms. The number of unbranched alkanes of at least 4 members (excludes halogenated alkanes) is 2. The number of ketones is 1. The fraction of sp³-hybridized carbons (Fsp3) is 0.500. The van der Waals surface area contributed by atoms with E-state index in [0.717, 1.165) is 22.9 Å². The van der Waals surface area contributed by atoms with Crippen LogP contribution in [0.1, 0.15) is 38.2 Å². The maximum Gasteiger partial charge on any atom is 0.254 e. The van der Waals surface area contributed by atoms with E-state index < -0.39 is 10.0 Å². The van der Waals surface area contributed by atoms with E-state index in [9.17, 15) is 13.2 Å². The predicted octanol–water partition coefficient (Wildman–Crippen LogP) is 2.79. The summed E-state index contributed by atoms with van der Waals surface area (Å²) in [7, 11) is -3.64. The predicted molar refractivity (Wildman–Crippen MR) is 83.2 cm³/mol. The zero-order chi connectivity index (χ0) is 15.9. The Morgan fingerprint density at radius 2 is 1.81 bits per heavy atom. The summed E-state index contributed by atoms with van der Waals surface area (Å²) >= 11 is 5.86. The lowest BCUT2D eigenvalue weighted by Crippen LogP contribution is -2.36. The van der Waals surface area contributed by atoms with E-state index in [2.05, 4.69) is 4.83 Å². The van der Waals surface area contributed by atoms with Crippen LogP contribution in [0.3, 0.4) is 0 Å². The van der Waals surface area contributed by atoms with Crippen molar-refractivity contribution in [1.29, 1.82) is 0 Å². The lowest BCUT2D eigenvalue weighted by atomic mass is 10.1. The molecule has 1 aromatic carbocycles. The number of benzene rings is 1. The Morgan fingerprint density at radius 3 is 2.38 bits per heavy atom.